The Bertz CT molecular complexity index is 1020. The summed E-state index contributed by atoms with van der Waals surface area (Å²) in [5.41, 5.74) is 6.04. The van der Waals surface area contributed by atoms with Gasteiger partial charge in [-0.3, -0.25) is 4.57 Å². The monoisotopic (exact) mass is 331 g/mol. The molecule has 0 aliphatic carbocycles. The lowest BCUT2D eigenvalue weighted by Crippen LogP contribution is -2.36. The number of aromatic nitrogens is 2. The molecule has 118 valence electrons. The third kappa shape index (κ3) is 1.80. The quantitative estimate of drug-likeness (QED) is 0.506. The second-order valence-electron chi connectivity index (χ2n) is 6.03. The smallest absolute Gasteiger partial charge is 0.145 e. The van der Waals surface area contributed by atoms with Crippen molar-refractivity contribution in [2.75, 3.05) is 11.4 Å². The van der Waals surface area contributed by atoms with Gasteiger partial charge in [0.2, 0.25) is 0 Å². The number of imidazole rings is 1. The van der Waals surface area contributed by atoms with Crippen molar-refractivity contribution >= 4 is 28.1 Å². The van der Waals surface area contributed by atoms with Crippen LogP contribution in [0.2, 0.25) is 0 Å². The van der Waals surface area contributed by atoms with Crippen LogP contribution in [0.1, 0.15) is 18.7 Å². The summed E-state index contributed by atoms with van der Waals surface area (Å²) in [6.07, 6.45) is 0.151. The number of rotatable bonds is 2. The molecule has 2 aromatic carbocycles. The maximum absolute atomic E-state index is 4.96. The third-order valence-corrected chi connectivity index (χ3v) is 5.47. The van der Waals surface area contributed by atoms with E-state index < -0.39 is 0 Å². The summed E-state index contributed by atoms with van der Waals surface area (Å²) in [5.74, 6) is 1.06. The molecule has 0 saturated carbocycles. The zero-order valence-electron chi connectivity index (χ0n) is 13.4. The molecule has 0 amide bonds. The van der Waals surface area contributed by atoms with Gasteiger partial charge < -0.3 is 4.90 Å². The first-order valence-corrected chi connectivity index (χ1v) is 9.18. The molecule has 0 unspecified atom stereocenters. The lowest BCUT2D eigenvalue weighted by Gasteiger charge is -2.39. The first kappa shape index (κ1) is 13.8. The van der Waals surface area contributed by atoms with Crippen LogP contribution in [0.4, 0.5) is 5.69 Å². The maximum Gasteiger partial charge on any atom is 0.145 e. The molecule has 0 radical (unpaired) electrons. The molecule has 0 spiro atoms. The molecule has 1 atom stereocenters. The fourth-order valence-electron chi connectivity index (χ4n) is 3.76. The van der Waals surface area contributed by atoms with Gasteiger partial charge in [-0.2, -0.15) is 11.3 Å². The Morgan fingerprint density at radius 3 is 2.71 bits per heavy atom. The van der Waals surface area contributed by atoms with E-state index in [1.807, 2.05) is 0 Å². The normalized spacial score (nSPS) is 16.2. The van der Waals surface area contributed by atoms with Gasteiger partial charge in [0.05, 0.1) is 11.0 Å². The standard InChI is InChI=1S/C20H17N3S/c1-2-22-17-9-5-3-7-15(17)19-21-16-8-4-6-10-18(16)23(19)20(22)14-11-12-24-13-14/h3-13,20H,2H2,1H3/t20-/m0/s1. The molecular weight excluding hydrogens is 314 g/mol. The van der Waals surface area contributed by atoms with E-state index in [1.54, 1.807) is 11.3 Å². The summed E-state index contributed by atoms with van der Waals surface area (Å²) in [6, 6.07) is 19.3. The number of fused-ring (bicyclic) bond motifs is 5. The molecule has 2 aromatic heterocycles. The highest BCUT2D eigenvalue weighted by Gasteiger charge is 2.33. The number of hydrogen-bond donors (Lipinski definition) is 0. The fraction of sp³-hybridized carbons (Fsp3) is 0.150. The van der Waals surface area contributed by atoms with E-state index in [2.05, 4.69) is 81.7 Å². The van der Waals surface area contributed by atoms with E-state index >= 15 is 0 Å². The van der Waals surface area contributed by atoms with Gasteiger partial charge in [-0.1, -0.05) is 24.3 Å². The summed E-state index contributed by atoms with van der Waals surface area (Å²) in [7, 11) is 0. The van der Waals surface area contributed by atoms with E-state index in [4.69, 9.17) is 4.98 Å². The minimum atomic E-state index is 0.151. The summed E-state index contributed by atoms with van der Waals surface area (Å²) < 4.78 is 2.39. The van der Waals surface area contributed by atoms with Crippen LogP contribution in [0.5, 0.6) is 0 Å². The van der Waals surface area contributed by atoms with Gasteiger partial charge in [-0.05, 0) is 48.0 Å². The van der Waals surface area contributed by atoms with E-state index in [0.717, 1.165) is 17.9 Å². The average Bonchev–Trinajstić information content (AvgIpc) is 3.28. The van der Waals surface area contributed by atoms with Crippen molar-refractivity contribution in [3.05, 3.63) is 70.9 Å². The van der Waals surface area contributed by atoms with Crippen LogP contribution in [0.25, 0.3) is 22.4 Å². The molecule has 4 aromatic rings. The van der Waals surface area contributed by atoms with Crippen molar-refractivity contribution in [2.45, 2.75) is 13.1 Å². The second-order valence-corrected chi connectivity index (χ2v) is 6.81. The Morgan fingerprint density at radius 2 is 1.88 bits per heavy atom. The van der Waals surface area contributed by atoms with Gasteiger partial charge in [0, 0.05) is 23.4 Å². The molecule has 3 heterocycles. The summed E-state index contributed by atoms with van der Waals surface area (Å²) >= 11 is 1.75. The first-order valence-electron chi connectivity index (χ1n) is 8.23. The molecule has 3 nitrogen and oxygen atoms in total. The number of thiophene rings is 1. The zero-order valence-corrected chi connectivity index (χ0v) is 14.2. The van der Waals surface area contributed by atoms with Gasteiger partial charge >= 0.3 is 0 Å². The predicted molar refractivity (Wildman–Crippen MR) is 101 cm³/mol. The van der Waals surface area contributed by atoms with Crippen molar-refractivity contribution in [2.24, 2.45) is 0 Å². The van der Waals surface area contributed by atoms with Crippen LogP contribution in [0.3, 0.4) is 0 Å². The van der Waals surface area contributed by atoms with E-state index in [0.29, 0.717) is 0 Å². The van der Waals surface area contributed by atoms with Crippen molar-refractivity contribution < 1.29 is 0 Å². The lowest BCUT2D eigenvalue weighted by molar-refractivity contribution is 0.557. The molecule has 4 heteroatoms. The number of benzene rings is 2. The van der Waals surface area contributed by atoms with Crippen LogP contribution >= 0.6 is 11.3 Å². The minimum absolute atomic E-state index is 0.151. The Hall–Kier alpha value is -2.59. The molecule has 0 bridgehead atoms. The molecule has 24 heavy (non-hydrogen) atoms. The molecule has 0 saturated heterocycles. The van der Waals surface area contributed by atoms with Crippen molar-refractivity contribution in [3.63, 3.8) is 0 Å². The predicted octanol–water partition coefficient (Wildman–Crippen LogP) is 5.15. The average molecular weight is 331 g/mol. The number of hydrogen-bond acceptors (Lipinski definition) is 3. The van der Waals surface area contributed by atoms with Crippen LogP contribution in [-0.4, -0.2) is 16.1 Å². The molecule has 5 rings (SSSR count). The summed E-state index contributed by atoms with van der Waals surface area (Å²) in [4.78, 5) is 7.43. The first-order chi connectivity index (χ1) is 11.9. The van der Waals surface area contributed by atoms with E-state index in [1.165, 1.54) is 22.3 Å². The highest BCUT2D eigenvalue weighted by Crippen LogP contribution is 2.44. The SMILES string of the molecule is CCN1c2ccccc2-c2nc3ccccc3n2[C@H]1c1ccsc1. The van der Waals surface area contributed by atoms with Crippen LogP contribution in [0.15, 0.2) is 65.4 Å². The van der Waals surface area contributed by atoms with Gasteiger partial charge in [0.15, 0.2) is 0 Å². The summed E-state index contributed by atoms with van der Waals surface area (Å²) in [5, 5.41) is 4.41. The van der Waals surface area contributed by atoms with Crippen LogP contribution in [-0.2, 0) is 0 Å². The summed E-state index contributed by atoms with van der Waals surface area (Å²) in [6.45, 7) is 3.17. The Balaban J connectivity index is 1.90. The minimum Gasteiger partial charge on any atom is -0.347 e. The van der Waals surface area contributed by atoms with Gasteiger partial charge in [0.1, 0.15) is 12.0 Å². The third-order valence-electron chi connectivity index (χ3n) is 4.77. The number of para-hydroxylation sites is 3. The number of anilines is 1. The van der Waals surface area contributed by atoms with E-state index in [9.17, 15) is 0 Å². The van der Waals surface area contributed by atoms with E-state index in [-0.39, 0.29) is 6.17 Å². The Labute approximate surface area is 144 Å². The second kappa shape index (κ2) is 5.21. The van der Waals surface area contributed by atoms with Crippen LogP contribution < -0.4 is 4.90 Å². The van der Waals surface area contributed by atoms with Gasteiger partial charge in [-0.15, -0.1) is 0 Å². The lowest BCUT2D eigenvalue weighted by atomic mass is 10.0. The zero-order chi connectivity index (χ0) is 16.1. The maximum atomic E-state index is 4.96. The molecule has 1 aliphatic rings. The Kier molecular flexibility index (Phi) is 3.00. The fourth-order valence-corrected chi connectivity index (χ4v) is 4.43. The van der Waals surface area contributed by atoms with Crippen molar-refractivity contribution in [3.8, 4) is 11.4 Å². The number of nitrogens with zero attached hydrogens (tertiary/aromatic N) is 3. The largest absolute Gasteiger partial charge is 0.347 e. The topological polar surface area (TPSA) is 21.1 Å². The Morgan fingerprint density at radius 1 is 1.04 bits per heavy atom. The molecule has 0 N–H and O–H groups in total. The highest BCUT2D eigenvalue weighted by molar-refractivity contribution is 7.08. The van der Waals surface area contributed by atoms with Crippen molar-refractivity contribution in [1.29, 1.82) is 0 Å². The highest BCUT2D eigenvalue weighted by atomic mass is 32.1. The molecule has 0 fully saturated rings. The molecular formula is C20H17N3S. The molecule has 1 aliphatic heterocycles. The van der Waals surface area contributed by atoms with Crippen LogP contribution in [0, 0.1) is 0 Å². The van der Waals surface area contributed by atoms with Gasteiger partial charge in [-0.25, -0.2) is 4.98 Å². The van der Waals surface area contributed by atoms with Crippen molar-refractivity contribution in [1.82, 2.24) is 9.55 Å². The van der Waals surface area contributed by atoms with Gasteiger partial charge in [0.25, 0.3) is 0 Å².